The molecule has 0 N–H and O–H groups in total. The third kappa shape index (κ3) is 7.45. The quantitative estimate of drug-likeness (QED) is 0.268. The maximum atomic E-state index is 12.4. The summed E-state index contributed by atoms with van der Waals surface area (Å²) in [7, 11) is 0. The average molecular weight is 374 g/mol. The van der Waals surface area contributed by atoms with Crippen molar-refractivity contribution in [1.82, 2.24) is 0 Å². The molecule has 1 aromatic carbocycles. The van der Waals surface area contributed by atoms with Crippen molar-refractivity contribution < 1.29 is 23.8 Å². The van der Waals surface area contributed by atoms with Crippen LogP contribution in [0, 0.1) is 5.92 Å². The summed E-state index contributed by atoms with van der Waals surface area (Å²) in [4.78, 5) is 23.8. The molecule has 5 heteroatoms. The Morgan fingerprint density at radius 3 is 2.33 bits per heavy atom. The molecule has 0 heterocycles. The van der Waals surface area contributed by atoms with Gasteiger partial charge in [-0.2, -0.15) is 0 Å². The fourth-order valence-corrected chi connectivity index (χ4v) is 3.10. The molecule has 0 unspecified atom stereocenters. The van der Waals surface area contributed by atoms with Crippen molar-refractivity contribution >= 4 is 11.9 Å². The van der Waals surface area contributed by atoms with E-state index in [0.29, 0.717) is 38.0 Å². The Morgan fingerprint density at radius 1 is 1.04 bits per heavy atom. The summed E-state index contributed by atoms with van der Waals surface area (Å²) in [6, 6.07) is 7.17. The first-order valence-corrected chi connectivity index (χ1v) is 9.90. The molecule has 0 atom stereocenters. The molecule has 1 aliphatic rings. The van der Waals surface area contributed by atoms with Gasteiger partial charge in [0.2, 0.25) is 0 Å². The largest absolute Gasteiger partial charge is 0.494 e. The van der Waals surface area contributed by atoms with Crippen molar-refractivity contribution in [2.75, 3.05) is 6.61 Å². The molecular formula is C22H30O5. The molecule has 148 valence electrons. The number of carbonyl (C=O) groups is 2. The molecule has 0 bridgehead atoms. The van der Waals surface area contributed by atoms with Crippen LogP contribution in [0.1, 0.15) is 58.8 Å². The monoisotopic (exact) mass is 374 g/mol. The van der Waals surface area contributed by atoms with Crippen molar-refractivity contribution in [3.8, 4) is 11.5 Å². The average Bonchev–Trinajstić information content (AvgIpc) is 2.67. The molecule has 0 amide bonds. The van der Waals surface area contributed by atoms with E-state index in [0.717, 1.165) is 18.6 Å². The van der Waals surface area contributed by atoms with Crippen LogP contribution < -0.4 is 9.47 Å². The predicted octanol–water partition coefficient (Wildman–Crippen LogP) is 4.84. The number of unbranched alkanes of at least 4 members (excludes halogenated alkanes) is 2. The molecule has 1 aromatic rings. The van der Waals surface area contributed by atoms with E-state index in [1.165, 1.54) is 12.5 Å². The molecular weight excluding hydrogens is 344 g/mol. The highest BCUT2D eigenvalue weighted by Crippen LogP contribution is 2.28. The Labute approximate surface area is 161 Å². The molecule has 1 aliphatic carbocycles. The second kappa shape index (κ2) is 11.4. The van der Waals surface area contributed by atoms with E-state index in [1.807, 2.05) is 12.1 Å². The molecule has 0 saturated heterocycles. The van der Waals surface area contributed by atoms with E-state index in [1.54, 1.807) is 25.1 Å². The number of allylic oxidation sites excluding steroid dienone is 1. The van der Waals surface area contributed by atoms with Gasteiger partial charge in [-0.3, -0.25) is 4.79 Å². The van der Waals surface area contributed by atoms with E-state index >= 15 is 0 Å². The minimum absolute atomic E-state index is 0.109. The van der Waals surface area contributed by atoms with Crippen LogP contribution >= 0.6 is 0 Å². The number of hydrogen-bond acceptors (Lipinski definition) is 5. The van der Waals surface area contributed by atoms with Crippen LogP contribution in [0.15, 0.2) is 36.4 Å². The molecule has 0 aliphatic heterocycles. The first-order chi connectivity index (χ1) is 13.1. The van der Waals surface area contributed by atoms with Crippen LogP contribution in [0.4, 0.5) is 0 Å². The lowest BCUT2D eigenvalue weighted by molar-refractivity contribution is -0.147. The highest BCUT2D eigenvalue weighted by molar-refractivity contribution is 5.82. The SMILES string of the molecule is CC=CC(=O)OC1CCC(C(=O)Oc2ccc(OCCCCC)cc2)CC1. The molecule has 0 spiro atoms. The molecule has 5 nitrogen and oxygen atoms in total. The number of esters is 2. The van der Waals surface area contributed by atoms with Gasteiger partial charge in [-0.15, -0.1) is 0 Å². The van der Waals surface area contributed by atoms with E-state index in [4.69, 9.17) is 14.2 Å². The zero-order chi connectivity index (χ0) is 19.5. The van der Waals surface area contributed by atoms with Crippen LogP contribution in [-0.2, 0) is 14.3 Å². The van der Waals surface area contributed by atoms with Gasteiger partial charge in [-0.1, -0.05) is 25.8 Å². The van der Waals surface area contributed by atoms with Gasteiger partial charge >= 0.3 is 11.9 Å². The van der Waals surface area contributed by atoms with Crippen molar-refractivity contribution in [3.05, 3.63) is 36.4 Å². The van der Waals surface area contributed by atoms with Gasteiger partial charge in [-0.25, -0.2) is 4.79 Å². The Hall–Kier alpha value is -2.30. The number of ether oxygens (including phenoxy) is 3. The van der Waals surface area contributed by atoms with Crippen molar-refractivity contribution in [2.24, 2.45) is 5.92 Å². The highest BCUT2D eigenvalue weighted by atomic mass is 16.5. The molecule has 0 aromatic heterocycles. The third-order valence-electron chi connectivity index (χ3n) is 4.65. The summed E-state index contributed by atoms with van der Waals surface area (Å²) >= 11 is 0. The predicted molar refractivity (Wildman–Crippen MR) is 104 cm³/mol. The van der Waals surface area contributed by atoms with Gasteiger partial charge in [0.15, 0.2) is 0 Å². The zero-order valence-corrected chi connectivity index (χ0v) is 16.3. The van der Waals surface area contributed by atoms with Crippen LogP contribution in [0.2, 0.25) is 0 Å². The minimum atomic E-state index is -0.319. The lowest BCUT2D eigenvalue weighted by Crippen LogP contribution is -2.29. The molecule has 1 fully saturated rings. The molecule has 2 rings (SSSR count). The van der Waals surface area contributed by atoms with Gasteiger partial charge in [0, 0.05) is 6.08 Å². The van der Waals surface area contributed by atoms with E-state index in [9.17, 15) is 9.59 Å². The van der Waals surface area contributed by atoms with E-state index in [2.05, 4.69) is 6.92 Å². The Morgan fingerprint density at radius 2 is 1.70 bits per heavy atom. The Bertz CT molecular complexity index is 612. The topological polar surface area (TPSA) is 61.8 Å². The van der Waals surface area contributed by atoms with Gasteiger partial charge in [0.05, 0.1) is 12.5 Å². The maximum absolute atomic E-state index is 12.4. The fourth-order valence-electron chi connectivity index (χ4n) is 3.10. The van der Waals surface area contributed by atoms with E-state index < -0.39 is 0 Å². The number of carbonyl (C=O) groups excluding carboxylic acids is 2. The smallest absolute Gasteiger partial charge is 0.330 e. The van der Waals surface area contributed by atoms with Crippen LogP contribution in [0.3, 0.4) is 0 Å². The summed E-state index contributed by atoms with van der Waals surface area (Å²) in [6.45, 7) is 4.64. The van der Waals surface area contributed by atoms with Gasteiger partial charge in [0.25, 0.3) is 0 Å². The third-order valence-corrected chi connectivity index (χ3v) is 4.65. The Balaban J connectivity index is 1.73. The summed E-state index contributed by atoms with van der Waals surface area (Å²) in [6.07, 6.45) is 9.05. The second-order valence-electron chi connectivity index (χ2n) is 6.86. The number of benzene rings is 1. The van der Waals surface area contributed by atoms with Crippen molar-refractivity contribution in [1.29, 1.82) is 0 Å². The first kappa shape index (κ1) is 21.0. The van der Waals surface area contributed by atoms with Gasteiger partial charge in [0.1, 0.15) is 17.6 Å². The van der Waals surface area contributed by atoms with Gasteiger partial charge < -0.3 is 14.2 Å². The Kier molecular flexibility index (Phi) is 8.89. The standard InChI is InChI=1S/C22H30O5/c1-3-5-6-16-25-18-12-14-20(15-13-18)27-22(24)17-8-10-19(11-9-17)26-21(23)7-4-2/h4,7,12-15,17,19H,3,5-6,8-11,16H2,1-2H3. The van der Waals surface area contributed by atoms with Crippen LogP contribution in [-0.4, -0.2) is 24.6 Å². The van der Waals surface area contributed by atoms with Gasteiger partial charge in [-0.05, 0) is 63.3 Å². The highest BCUT2D eigenvalue weighted by Gasteiger charge is 2.29. The molecule has 27 heavy (non-hydrogen) atoms. The van der Waals surface area contributed by atoms with Crippen molar-refractivity contribution in [2.45, 2.75) is 64.9 Å². The summed E-state index contributed by atoms with van der Waals surface area (Å²) in [5.74, 6) is 0.633. The lowest BCUT2D eigenvalue weighted by Gasteiger charge is -2.26. The number of hydrogen-bond donors (Lipinski definition) is 0. The first-order valence-electron chi connectivity index (χ1n) is 9.90. The molecule has 1 saturated carbocycles. The normalized spacial score (nSPS) is 19.6. The minimum Gasteiger partial charge on any atom is -0.494 e. The fraction of sp³-hybridized carbons (Fsp3) is 0.545. The zero-order valence-electron chi connectivity index (χ0n) is 16.3. The summed E-state index contributed by atoms with van der Waals surface area (Å²) in [5.41, 5.74) is 0. The molecule has 0 radical (unpaired) electrons. The number of rotatable bonds is 9. The lowest BCUT2D eigenvalue weighted by atomic mass is 9.87. The maximum Gasteiger partial charge on any atom is 0.330 e. The second-order valence-corrected chi connectivity index (χ2v) is 6.86. The van der Waals surface area contributed by atoms with Crippen molar-refractivity contribution in [3.63, 3.8) is 0 Å². The summed E-state index contributed by atoms with van der Waals surface area (Å²) < 4.78 is 16.5. The van der Waals surface area contributed by atoms with Crippen LogP contribution in [0.5, 0.6) is 11.5 Å². The summed E-state index contributed by atoms with van der Waals surface area (Å²) in [5, 5.41) is 0. The van der Waals surface area contributed by atoms with Crippen LogP contribution in [0.25, 0.3) is 0 Å². The van der Waals surface area contributed by atoms with E-state index in [-0.39, 0.29) is 24.0 Å².